The van der Waals surface area contributed by atoms with E-state index in [0.717, 1.165) is 12.1 Å². The first-order valence-corrected chi connectivity index (χ1v) is 4.24. The summed E-state index contributed by atoms with van der Waals surface area (Å²) in [6, 6.07) is 2.13. The monoisotopic (exact) mass is 211 g/mol. The topological polar surface area (TPSA) is 80.4 Å². The number of Topliss-reactive ketones (excluding diaryl/α,β-unsaturated/α-hetero) is 1. The van der Waals surface area contributed by atoms with Gasteiger partial charge in [0.05, 0.1) is 12.1 Å². The van der Waals surface area contributed by atoms with Crippen molar-refractivity contribution in [2.75, 3.05) is 6.54 Å². The highest BCUT2D eigenvalue weighted by Crippen LogP contribution is 2.16. The van der Waals surface area contributed by atoms with Crippen LogP contribution in [0.15, 0.2) is 12.1 Å². The van der Waals surface area contributed by atoms with Gasteiger partial charge in [-0.1, -0.05) is 0 Å². The lowest BCUT2D eigenvalue weighted by molar-refractivity contribution is 0.0695. The number of carbonyl (C=O) groups is 2. The third-order valence-electron chi connectivity index (χ3n) is 2.08. The summed E-state index contributed by atoms with van der Waals surface area (Å²) in [6.45, 7) is 1.07. The van der Waals surface area contributed by atoms with Gasteiger partial charge in [0.2, 0.25) is 0 Å². The average molecular weight is 211 g/mol. The fourth-order valence-electron chi connectivity index (χ4n) is 1.18. The van der Waals surface area contributed by atoms with Crippen LogP contribution in [0.1, 0.15) is 26.3 Å². The molecule has 0 saturated heterocycles. The van der Waals surface area contributed by atoms with Gasteiger partial charge < -0.3 is 10.8 Å². The second-order valence-electron chi connectivity index (χ2n) is 3.06. The molecule has 0 amide bonds. The maximum atomic E-state index is 13.2. The number of aromatic carboxylic acids is 1. The first-order valence-electron chi connectivity index (χ1n) is 4.24. The molecule has 0 aliphatic carbocycles. The molecule has 3 N–H and O–H groups in total. The normalized spacial score (nSPS) is 10.1. The van der Waals surface area contributed by atoms with Gasteiger partial charge in [0.25, 0.3) is 0 Å². The van der Waals surface area contributed by atoms with Gasteiger partial charge in [-0.15, -0.1) is 0 Å². The molecule has 5 heteroatoms. The Morgan fingerprint density at radius 3 is 2.53 bits per heavy atom. The van der Waals surface area contributed by atoms with Crippen molar-refractivity contribution in [1.82, 2.24) is 0 Å². The number of hydrogen-bond donors (Lipinski definition) is 2. The van der Waals surface area contributed by atoms with E-state index < -0.39 is 17.6 Å². The lowest BCUT2D eigenvalue weighted by atomic mass is 10.0. The molecule has 0 aliphatic rings. The van der Waals surface area contributed by atoms with Gasteiger partial charge in [0, 0.05) is 5.56 Å². The summed E-state index contributed by atoms with van der Waals surface area (Å²) in [5.41, 5.74) is 4.88. The van der Waals surface area contributed by atoms with Gasteiger partial charge in [0.15, 0.2) is 5.78 Å². The van der Waals surface area contributed by atoms with Crippen molar-refractivity contribution in [2.45, 2.75) is 6.92 Å². The summed E-state index contributed by atoms with van der Waals surface area (Å²) in [5.74, 6) is -2.47. The molecule has 1 aromatic rings. The predicted octanol–water partition coefficient (Wildman–Crippen LogP) is 0.974. The van der Waals surface area contributed by atoms with Gasteiger partial charge in [-0.3, -0.25) is 4.79 Å². The number of nitrogens with two attached hydrogens (primary N) is 1. The largest absolute Gasteiger partial charge is 0.478 e. The molecule has 80 valence electrons. The van der Waals surface area contributed by atoms with E-state index in [1.807, 2.05) is 0 Å². The summed E-state index contributed by atoms with van der Waals surface area (Å²) in [7, 11) is 0. The molecule has 15 heavy (non-hydrogen) atoms. The van der Waals surface area contributed by atoms with E-state index in [4.69, 9.17) is 10.8 Å². The first-order chi connectivity index (χ1) is 6.97. The number of halogens is 1. The van der Waals surface area contributed by atoms with Gasteiger partial charge in [-0.2, -0.15) is 0 Å². The van der Waals surface area contributed by atoms with Crippen molar-refractivity contribution in [1.29, 1.82) is 0 Å². The van der Waals surface area contributed by atoms with Crippen molar-refractivity contribution in [3.63, 3.8) is 0 Å². The molecule has 0 aromatic heterocycles. The van der Waals surface area contributed by atoms with Crippen LogP contribution >= 0.6 is 0 Å². The van der Waals surface area contributed by atoms with Crippen molar-refractivity contribution >= 4 is 11.8 Å². The number of hydrogen-bond acceptors (Lipinski definition) is 3. The second kappa shape index (κ2) is 4.18. The van der Waals surface area contributed by atoms with Crippen LogP contribution in [-0.4, -0.2) is 23.4 Å². The minimum atomic E-state index is -1.27. The first kappa shape index (κ1) is 11.3. The zero-order valence-electron chi connectivity index (χ0n) is 8.08. The third-order valence-corrected chi connectivity index (χ3v) is 2.08. The minimum Gasteiger partial charge on any atom is -0.478 e. The Bertz CT molecular complexity index is 429. The molecule has 0 atom stereocenters. The molecule has 0 saturated carbocycles. The van der Waals surface area contributed by atoms with Crippen LogP contribution in [0.3, 0.4) is 0 Å². The Morgan fingerprint density at radius 2 is 2.07 bits per heavy atom. The van der Waals surface area contributed by atoms with E-state index in [-0.39, 0.29) is 23.2 Å². The fourth-order valence-corrected chi connectivity index (χ4v) is 1.18. The maximum Gasteiger partial charge on any atom is 0.336 e. The molecule has 4 nitrogen and oxygen atoms in total. The number of carboxylic acids is 1. The molecule has 0 heterocycles. The number of carbonyl (C=O) groups excluding carboxylic acids is 1. The molecule has 0 unspecified atom stereocenters. The Hall–Kier alpha value is -1.75. The van der Waals surface area contributed by atoms with E-state index >= 15 is 0 Å². The van der Waals surface area contributed by atoms with Crippen LogP contribution in [0.2, 0.25) is 0 Å². The van der Waals surface area contributed by atoms with Gasteiger partial charge in [0.1, 0.15) is 5.82 Å². The number of rotatable bonds is 3. The van der Waals surface area contributed by atoms with Crippen LogP contribution < -0.4 is 5.73 Å². The molecule has 1 aromatic carbocycles. The summed E-state index contributed by atoms with van der Waals surface area (Å²) < 4.78 is 13.2. The molecular weight excluding hydrogens is 201 g/mol. The quantitative estimate of drug-likeness (QED) is 0.730. The third kappa shape index (κ3) is 2.19. The van der Waals surface area contributed by atoms with Gasteiger partial charge in [-0.05, 0) is 24.6 Å². The standard InChI is InChI=1S/C10H10FNO3/c1-5-7(10(14)15)2-6(3-8(5)11)9(13)4-12/h2-3H,4,12H2,1H3,(H,14,15). The lowest BCUT2D eigenvalue weighted by Crippen LogP contribution is -2.15. The van der Waals surface area contributed by atoms with Crippen molar-refractivity contribution < 1.29 is 19.1 Å². The van der Waals surface area contributed by atoms with Crippen LogP contribution in [0.25, 0.3) is 0 Å². The predicted molar refractivity (Wildman–Crippen MR) is 51.5 cm³/mol. The maximum absolute atomic E-state index is 13.2. The van der Waals surface area contributed by atoms with Gasteiger partial charge >= 0.3 is 5.97 Å². The van der Waals surface area contributed by atoms with Crippen LogP contribution in [0.4, 0.5) is 4.39 Å². The smallest absolute Gasteiger partial charge is 0.336 e. The van der Waals surface area contributed by atoms with E-state index in [0.29, 0.717) is 0 Å². The van der Waals surface area contributed by atoms with Crippen molar-refractivity contribution in [3.05, 3.63) is 34.6 Å². The molecular formula is C10H10FNO3. The summed E-state index contributed by atoms with van der Waals surface area (Å²) in [4.78, 5) is 21.9. The Kier molecular flexibility index (Phi) is 3.16. The molecule has 0 radical (unpaired) electrons. The molecule has 0 aliphatic heterocycles. The van der Waals surface area contributed by atoms with E-state index in [2.05, 4.69) is 0 Å². The highest BCUT2D eigenvalue weighted by Gasteiger charge is 2.15. The lowest BCUT2D eigenvalue weighted by Gasteiger charge is -2.05. The number of carboxylic acid groups (broad SMARTS) is 1. The highest BCUT2D eigenvalue weighted by molar-refractivity contribution is 6.00. The second-order valence-corrected chi connectivity index (χ2v) is 3.06. The SMILES string of the molecule is Cc1c(F)cc(C(=O)CN)cc1C(=O)O. The zero-order valence-corrected chi connectivity index (χ0v) is 8.08. The van der Waals surface area contributed by atoms with E-state index in [9.17, 15) is 14.0 Å². The summed E-state index contributed by atoms with van der Waals surface area (Å²) in [6.07, 6.45) is 0. The molecule has 0 bridgehead atoms. The molecule has 0 fully saturated rings. The van der Waals surface area contributed by atoms with Gasteiger partial charge in [-0.25, -0.2) is 9.18 Å². The minimum absolute atomic E-state index is 0.0103. The number of ketones is 1. The van der Waals surface area contributed by atoms with Crippen LogP contribution in [0, 0.1) is 12.7 Å². The summed E-state index contributed by atoms with van der Waals surface area (Å²) in [5, 5.41) is 8.76. The van der Waals surface area contributed by atoms with Crippen LogP contribution in [0.5, 0.6) is 0 Å². The van der Waals surface area contributed by atoms with Crippen molar-refractivity contribution in [3.8, 4) is 0 Å². The Balaban J connectivity index is 3.35. The van der Waals surface area contributed by atoms with Crippen LogP contribution in [-0.2, 0) is 0 Å². The summed E-state index contributed by atoms with van der Waals surface area (Å²) >= 11 is 0. The zero-order chi connectivity index (χ0) is 11.6. The van der Waals surface area contributed by atoms with E-state index in [1.165, 1.54) is 6.92 Å². The Morgan fingerprint density at radius 1 is 1.47 bits per heavy atom. The molecule has 1 rings (SSSR count). The fraction of sp³-hybridized carbons (Fsp3) is 0.200. The van der Waals surface area contributed by atoms with E-state index in [1.54, 1.807) is 0 Å². The van der Waals surface area contributed by atoms with Crippen molar-refractivity contribution in [2.24, 2.45) is 5.73 Å². The average Bonchev–Trinajstić information content (AvgIpc) is 2.20. The highest BCUT2D eigenvalue weighted by atomic mass is 19.1. The molecule has 0 spiro atoms. The number of benzene rings is 1. The Labute approximate surface area is 85.5 Å².